The first kappa shape index (κ1) is 26.2. The summed E-state index contributed by atoms with van der Waals surface area (Å²) in [6.07, 6.45) is 1.38. The fourth-order valence-electron chi connectivity index (χ4n) is 4.66. The molecule has 0 radical (unpaired) electrons. The number of hydrogen-bond donors (Lipinski definition) is 3. The Balaban J connectivity index is 1.59. The second-order valence-corrected chi connectivity index (χ2v) is 9.21. The summed E-state index contributed by atoms with van der Waals surface area (Å²) in [7, 11) is 1.49. The molecule has 0 fully saturated rings. The number of fused-ring (bicyclic) bond motifs is 1. The molecule has 40 heavy (non-hydrogen) atoms. The number of aryl methyl sites for hydroxylation is 1. The largest absolute Gasteiger partial charge is 0.495 e. The Kier molecular flexibility index (Phi) is 7.02. The maximum Gasteiger partial charge on any atom is 0.275 e. The van der Waals surface area contributed by atoms with Gasteiger partial charge in [0.2, 0.25) is 0 Å². The molecule has 1 aromatic heterocycles. The number of carbonyl (C=O) groups excluding carboxylic acids is 2. The summed E-state index contributed by atoms with van der Waals surface area (Å²) in [6, 6.07) is 19.4. The average molecular weight is 539 g/mol. The van der Waals surface area contributed by atoms with E-state index < -0.39 is 22.8 Å². The van der Waals surface area contributed by atoms with E-state index in [0.29, 0.717) is 28.6 Å². The molecule has 3 N–H and O–H groups in total. The van der Waals surface area contributed by atoms with Crippen molar-refractivity contribution in [2.45, 2.75) is 19.9 Å². The molecule has 0 saturated heterocycles. The lowest BCUT2D eigenvalue weighted by molar-refractivity contribution is -0.385. The molecular formula is C29H26N6O5. The number of amides is 2. The lowest BCUT2D eigenvalue weighted by Gasteiger charge is -2.30. The molecule has 5 rings (SSSR count). The van der Waals surface area contributed by atoms with Crippen LogP contribution in [-0.4, -0.2) is 33.6 Å². The number of ether oxygens (including phenoxy) is 1. The van der Waals surface area contributed by atoms with Gasteiger partial charge in [-0.15, -0.1) is 0 Å². The van der Waals surface area contributed by atoms with Crippen molar-refractivity contribution >= 4 is 34.7 Å². The normalized spacial score (nSPS) is 14.1. The van der Waals surface area contributed by atoms with Crippen molar-refractivity contribution in [3.63, 3.8) is 0 Å². The van der Waals surface area contributed by atoms with Gasteiger partial charge in [0, 0.05) is 17.5 Å². The molecule has 3 aromatic carbocycles. The number of nitrogens with one attached hydrogen (secondary N) is 3. The van der Waals surface area contributed by atoms with Gasteiger partial charge in [-0.25, -0.2) is 4.68 Å². The molecule has 0 bridgehead atoms. The summed E-state index contributed by atoms with van der Waals surface area (Å²) in [5.41, 5.74) is 2.97. The van der Waals surface area contributed by atoms with Gasteiger partial charge < -0.3 is 20.7 Å². The molecule has 1 atom stereocenters. The monoisotopic (exact) mass is 538 g/mol. The molecule has 1 aliphatic heterocycles. The average Bonchev–Trinajstić information content (AvgIpc) is 3.37. The van der Waals surface area contributed by atoms with Crippen LogP contribution in [0.3, 0.4) is 0 Å². The predicted molar refractivity (Wildman–Crippen MR) is 151 cm³/mol. The van der Waals surface area contributed by atoms with Crippen LogP contribution in [0.5, 0.6) is 5.75 Å². The van der Waals surface area contributed by atoms with Crippen molar-refractivity contribution in [3.8, 4) is 5.75 Å². The third-order valence-electron chi connectivity index (χ3n) is 6.61. The number of nitro benzene ring substituents is 1. The molecule has 0 saturated carbocycles. The Labute approximate surface area is 229 Å². The molecule has 11 heteroatoms. The number of rotatable bonds is 7. The minimum absolute atomic E-state index is 0.183. The number of methoxy groups -OCH3 is 1. The van der Waals surface area contributed by atoms with Gasteiger partial charge in [0.25, 0.3) is 17.5 Å². The molecule has 2 heterocycles. The number of nitro groups is 1. The summed E-state index contributed by atoms with van der Waals surface area (Å²) in [5, 5.41) is 25.3. The van der Waals surface area contributed by atoms with Crippen LogP contribution >= 0.6 is 0 Å². The van der Waals surface area contributed by atoms with Gasteiger partial charge >= 0.3 is 0 Å². The van der Waals surface area contributed by atoms with Crippen molar-refractivity contribution < 1.29 is 19.2 Å². The second-order valence-electron chi connectivity index (χ2n) is 9.21. The van der Waals surface area contributed by atoms with E-state index in [2.05, 4.69) is 21.0 Å². The smallest absolute Gasteiger partial charge is 0.275 e. The van der Waals surface area contributed by atoms with Gasteiger partial charge in [-0.2, -0.15) is 5.10 Å². The van der Waals surface area contributed by atoms with Crippen LogP contribution in [0.15, 0.2) is 90.3 Å². The summed E-state index contributed by atoms with van der Waals surface area (Å²) < 4.78 is 6.79. The Hall–Kier alpha value is -5.45. The van der Waals surface area contributed by atoms with Crippen LogP contribution in [0.2, 0.25) is 0 Å². The topological polar surface area (TPSA) is 140 Å². The zero-order valence-corrected chi connectivity index (χ0v) is 22.0. The highest BCUT2D eigenvalue weighted by Gasteiger charge is 2.38. The fraction of sp³-hybridized carbons (Fsp3) is 0.138. The van der Waals surface area contributed by atoms with Gasteiger partial charge in [0.15, 0.2) is 0 Å². The van der Waals surface area contributed by atoms with E-state index in [1.54, 1.807) is 61.5 Å². The molecule has 1 aliphatic rings. The van der Waals surface area contributed by atoms with E-state index in [4.69, 9.17) is 4.74 Å². The molecule has 202 valence electrons. The zero-order chi connectivity index (χ0) is 28.4. The summed E-state index contributed by atoms with van der Waals surface area (Å²) in [5.74, 6) is -0.174. The van der Waals surface area contributed by atoms with Crippen molar-refractivity contribution in [3.05, 3.63) is 117 Å². The van der Waals surface area contributed by atoms with Crippen LogP contribution < -0.4 is 20.7 Å². The molecule has 11 nitrogen and oxygen atoms in total. The molecule has 0 aliphatic carbocycles. The molecule has 4 aromatic rings. The number of aromatic nitrogens is 2. The van der Waals surface area contributed by atoms with E-state index in [1.807, 2.05) is 19.1 Å². The quantitative estimate of drug-likeness (QED) is 0.215. The minimum atomic E-state index is -1.01. The first-order valence-electron chi connectivity index (χ1n) is 12.4. The van der Waals surface area contributed by atoms with E-state index in [-0.39, 0.29) is 22.4 Å². The number of hydrogen-bond acceptors (Lipinski definition) is 7. The van der Waals surface area contributed by atoms with Crippen molar-refractivity contribution in [1.29, 1.82) is 0 Å². The third kappa shape index (κ3) is 4.87. The maximum absolute atomic E-state index is 13.8. The third-order valence-corrected chi connectivity index (χ3v) is 6.61. The summed E-state index contributed by atoms with van der Waals surface area (Å²) >= 11 is 0. The number of benzene rings is 3. The highest BCUT2D eigenvalue weighted by molar-refractivity contribution is 6.10. The lowest BCUT2D eigenvalue weighted by Crippen LogP contribution is -2.32. The standard InChI is InChI=1S/C29H26N6O5/c1-17-12-14-19(15-13-17)32-28(36)21-16-30-34-26(20-8-4-6-10-23(20)35(38)39)25(18(2)31-27(21)34)29(37)33-22-9-5-7-11-24(22)40-3/h4-16,26,31H,1-3H3,(H,32,36)(H,33,37). The number of para-hydroxylation sites is 3. The van der Waals surface area contributed by atoms with Crippen LogP contribution in [-0.2, 0) is 4.79 Å². The van der Waals surface area contributed by atoms with Crippen molar-refractivity contribution in [1.82, 2.24) is 9.78 Å². The second kappa shape index (κ2) is 10.7. The van der Waals surface area contributed by atoms with Crippen molar-refractivity contribution in [2.24, 2.45) is 0 Å². The van der Waals surface area contributed by atoms with Crippen molar-refractivity contribution in [2.75, 3.05) is 23.1 Å². The van der Waals surface area contributed by atoms with Gasteiger partial charge in [-0.3, -0.25) is 19.7 Å². The summed E-state index contributed by atoms with van der Waals surface area (Å²) in [4.78, 5) is 38.5. The Morgan fingerprint density at radius 1 is 0.975 bits per heavy atom. The lowest BCUT2D eigenvalue weighted by atomic mass is 9.93. The number of nitrogens with zero attached hydrogens (tertiary/aromatic N) is 3. The van der Waals surface area contributed by atoms with Gasteiger partial charge in [0.05, 0.1) is 35.1 Å². The SMILES string of the molecule is COc1ccccc1NC(=O)C1=C(C)Nc2c(C(=O)Nc3ccc(C)cc3)cnn2C1c1ccccc1[N+](=O)[O-]. The predicted octanol–water partition coefficient (Wildman–Crippen LogP) is 5.29. The highest BCUT2D eigenvalue weighted by Crippen LogP contribution is 2.41. The number of carbonyl (C=O) groups is 2. The first-order valence-corrected chi connectivity index (χ1v) is 12.4. The Morgan fingerprint density at radius 3 is 2.40 bits per heavy atom. The van der Waals surface area contributed by atoms with Crippen LogP contribution in [0.25, 0.3) is 0 Å². The van der Waals surface area contributed by atoms with E-state index in [1.165, 1.54) is 24.1 Å². The van der Waals surface area contributed by atoms with Crippen LogP contribution in [0.1, 0.15) is 34.5 Å². The Bertz CT molecular complexity index is 1660. The van der Waals surface area contributed by atoms with Gasteiger partial charge in [-0.05, 0) is 44.2 Å². The minimum Gasteiger partial charge on any atom is -0.495 e. The van der Waals surface area contributed by atoms with Crippen LogP contribution in [0.4, 0.5) is 22.9 Å². The number of anilines is 3. The Morgan fingerprint density at radius 2 is 1.68 bits per heavy atom. The highest BCUT2D eigenvalue weighted by atomic mass is 16.6. The zero-order valence-electron chi connectivity index (χ0n) is 22.0. The molecular weight excluding hydrogens is 512 g/mol. The molecule has 0 spiro atoms. The van der Waals surface area contributed by atoms with Crippen LogP contribution in [0, 0.1) is 17.0 Å². The van der Waals surface area contributed by atoms with Gasteiger partial charge in [0.1, 0.15) is 23.2 Å². The van der Waals surface area contributed by atoms with Gasteiger partial charge in [-0.1, -0.05) is 42.0 Å². The van der Waals surface area contributed by atoms with E-state index in [9.17, 15) is 19.7 Å². The maximum atomic E-state index is 13.8. The summed E-state index contributed by atoms with van der Waals surface area (Å²) in [6.45, 7) is 3.63. The van der Waals surface area contributed by atoms with E-state index in [0.717, 1.165) is 5.56 Å². The first-order chi connectivity index (χ1) is 19.3. The van der Waals surface area contributed by atoms with E-state index >= 15 is 0 Å². The number of allylic oxidation sites excluding steroid dienone is 1. The molecule has 2 amide bonds. The fourth-order valence-corrected chi connectivity index (χ4v) is 4.66. The molecule has 1 unspecified atom stereocenters.